The van der Waals surface area contributed by atoms with E-state index in [-0.39, 0.29) is 18.3 Å². The molecule has 0 bridgehead atoms. The zero-order chi connectivity index (χ0) is 14.1. The van der Waals surface area contributed by atoms with Crippen molar-refractivity contribution >= 4 is 11.8 Å². The van der Waals surface area contributed by atoms with Crippen LogP contribution in [0, 0.1) is 0 Å². The smallest absolute Gasteiger partial charge is 0.303 e. The third-order valence-electron chi connectivity index (χ3n) is 3.25. The Balaban J connectivity index is 2.14. The van der Waals surface area contributed by atoms with Crippen LogP contribution in [-0.4, -0.2) is 29.6 Å². The molecule has 19 heavy (non-hydrogen) atoms. The quantitative estimate of drug-likeness (QED) is 0.618. The van der Waals surface area contributed by atoms with Gasteiger partial charge in [0.25, 0.3) is 0 Å². The third kappa shape index (κ3) is 6.53. The Morgan fingerprint density at radius 3 is 2.79 bits per heavy atom. The molecule has 0 heterocycles. The Kier molecular flexibility index (Phi) is 7.41. The van der Waals surface area contributed by atoms with Crippen LogP contribution in [0.2, 0.25) is 0 Å². The van der Waals surface area contributed by atoms with Crippen molar-refractivity contribution in [3.63, 3.8) is 0 Å². The second-order valence-corrected chi connectivity index (χ2v) is 5.04. The largest absolute Gasteiger partial charge is 0.481 e. The lowest BCUT2D eigenvalue weighted by atomic mass is 10.0. The minimum Gasteiger partial charge on any atom is -0.481 e. The van der Waals surface area contributed by atoms with Gasteiger partial charge >= 0.3 is 5.97 Å². The van der Waals surface area contributed by atoms with Gasteiger partial charge in [0.15, 0.2) is 5.78 Å². The highest BCUT2D eigenvalue weighted by atomic mass is 16.5. The van der Waals surface area contributed by atoms with Crippen molar-refractivity contribution in [1.29, 1.82) is 0 Å². The van der Waals surface area contributed by atoms with E-state index in [1.165, 1.54) is 0 Å². The van der Waals surface area contributed by atoms with Crippen LogP contribution in [0.5, 0.6) is 0 Å². The Morgan fingerprint density at radius 1 is 1.37 bits per heavy atom. The molecule has 0 amide bonds. The summed E-state index contributed by atoms with van der Waals surface area (Å²) in [6.07, 6.45) is 8.05. The van der Waals surface area contributed by atoms with Gasteiger partial charge in [-0.3, -0.25) is 9.59 Å². The lowest BCUT2D eigenvalue weighted by Crippen LogP contribution is -2.09. The van der Waals surface area contributed by atoms with E-state index in [0.717, 1.165) is 44.1 Å². The average molecular weight is 268 g/mol. The van der Waals surface area contributed by atoms with Crippen molar-refractivity contribution in [2.75, 3.05) is 6.61 Å². The number of allylic oxidation sites excluding steroid dienone is 1. The molecule has 1 aliphatic rings. The lowest BCUT2D eigenvalue weighted by molar-refractivity contribution is -0.137. The van der Waals surface area contributed by atoms with E-state index >= 15 is 0 Å². The summed E-state index contributed by atoms with van der Waals surface area (Å²) in [4.78, 5) is 22.1. The maximum Gasteiger partial charge on any atom is 0.303 e. The van der Waals surface area contributed by atoms with Gasteiger partial charge in [-0.15, -0.1) is 0 Å². The first-order chi connectivity index (χ1) is 9.13. The number of hydrogen-bond donors (Lipinski definition) is 1. The summed E-state index contributed by atoms with van der Waals surface area (Å²) in [5, 5.41) is 8.51. The second kappa shape index (κ2) is 8.86. The van der Waals surface area contributed by atoms with Crippen molar-refractivity contribution < 1.29 is 19.4 Å². The van der Waals surface area contributed by atoms with E-state index in [0.29, 0.717) is 13.0 Å². The number of carboxylic acids is 1. The monoisotopic (exact) mass is 268 g/mol. The van der Waals surface area contributed by atoms with Crippen LogP contribution in [0.25, 0.3) is 0 Å². The summed E-state index contributed by atoms with van der Waals surface area (Å²) < 4.78 is 5.56. The number of carbonyl (C=O) groups excluding carboxylic acids is 1. The molecule has 0 aromatic carbocycles. The molecule has 1 rings (SSSR count). The minimum atomic E-state index is -0.732. The highest BCUT2D eigenvalue weighted by Gasteiger charge is 2.23. The van der Waals surface area contributed by atoms with Gasteiger partial charge in [-0.1, -0.05) is 19.8 Å². The van der Waals surface area contributed by atoms with E-state index in [1.54, 1.807) is 0 Å². The number of ketones is 1. The summed E-state index contributed by atoms with van der Waals surface area (Å²) in [7, 11) is 0. The number of unbranched alkanes of at least 4 members (excludes halogenated alkanes) is 3. The zero-order valence-corrected chi connectivity index (χ0v) is 11.7. The Labute approximate surface area is 114 Å². The van der Waals surface area contributed by atoms with Gasteiger partial charge in [-0.25, -0.2) is 0 Å². The maximum atomic E-state index is 11.7. The van der Waals surface area contributed by atoms with E-state index in [4.69, 9.17) is 9.84 Å². The number of aliphatic carboxylic acids is 1. The molecule has 4 nitrogen and oxygen atoms in total. The second-order valence-electron chi connectivity index (χ2n) is 5.04. The van der Waals surface area contributed by atoms with Gasteiger partial charge < -0.3 is 9.84 Å². The molecule has 0 saturated heterocycles. The fourth-order valence-corrected chi connectivity index (χ4v) is 2.23. The molecule has 0 aromatic heterocycles. The van der Waals surface area contributed by atoms with Crippen LogP contribution < -0.4 is 0 Å². The van der Waals surface area contributed by atoms with Crippen molar-refractivity contribution in [1.82, 2.24) is 0 Å². The third-order valence-corrected chi connectivity index (χ3v) is 3.25. The first-order valence-electron chi connectivity index (χ1n) is 7.20. The average Bonchev–Trinajstić information content (AvgIpc) is 2.71. The van der Waals surface area contributed by atoms with Crippen LogP contribution in [0.15, 0.2) is 11.6 Å². The molecule has 0 aromatic rings. The highest BCUT2D eigenvalue weighted by Crippen LogP contribution is 2.22. The van der Waals surface area contributed by atoms with Gasteiger partial charge in [0, 0.05) is 19.4 Å². The predicted molar refractivity (Wildman–Crippen MR) is 73.1 cm³/mol. The van der Waals surface area contributed by atoms with E-state index < -0.39 is 5.97 Å². The van der Waals surface area contributed by atoms with Crippen molar-refractivity contribution in [3.05, 3.63) is 11.6 Å². The van der Waals surface area contributed by atoms with E-state index in [1.807, 2.05) is 6.08 Å². The Hall–Kier alpha value is -1.16. The van der Waals surface area contributed by atoms with Crippen LogP contribution in [0.3, 0.4) is 0 Å². The topological polar surface area (TPSA) is 63.6 Å². The molecular weight excluding hydrogens is 244 g/mol. The molecule has 1 N–H and O–H groups in total. The van der Waals surface area contributed by atoms with Crippen molar-refractivity contribution in [3.8, 4) is 0 Å². The number of rotatable bonds is 10. The first-order valence-corrected chi connectivity index (χ1v) is 7.20. The van der Waals surface area contributed by atoms with Gasteiger partial charge in [0.2, 0.25) is 0 Å². The van der Waals surface area contributed by atoms with Crippen LogP contribution in [-0.2, 0) is 14.3 Å². The molecule has 0 radical (unpaired) electrons. The predicted octanol–water partition coefficient (Wildman–Crippen LogP) is 3.11. The molecule has 0 aliphatic heterocycles. The summed E-state index contributed by atoms with van der Waals surface area (Å²) in [5.41, 5.74) is 0.902. The molecule has 108 valence electrons. The van der Waals surface area contributed by atoms with Gasteiger partial charge in [-0.05, 0) is 37.3 Å². The fourth-order valence-electron chi connectivity index (χ4n) is 2.23. The number of Topliss-reactive ketones (excluding diaryl/α,β-unsaturated/α-hetero) is 1. The molecule has 1 unspecified atom stereocenters. The lowest BCUT2D eigenvalue weighted by Gasteiger charge is -2.06. The van der Waals surface area contributed by atoms with Crippen molar-refractivity contribution in [2.24, 2.45) is 0 Å². The van der Waals surface area contributed by atoms with Crippen LogP contribution in [0.1, 0.15) is 58.3 Å². The fraction of sp³-hybridized carbons (Fsp3) is 0.733. The molecular formula is C15H24O4. The standard InChI is InChI=1S/C15H24O4/c1-2-9-19-13-10-12(14(16)11-13)7-5-3-4-6-8-15(17)18/h10,13H,2-9,11H2,1H3,(H,17,18). The van der Waals surface area contributed by atoms with Gasteiger partial charge in [-0.2, -0.15) is 0 Å². The summed E-state index contributed by atoms with van der Waals surface area (Å²) in [5.74, 6) is -0.517. The van der Waals surface area contributed by atoms with Crippen LogP contribution >= 0.6 is 0 Å². The number of carboxylic acid groups (broad SMARTS) is 1. The Morgan fingerprint density at radius 2 is 2.11 bits per heavy atom. The summed E-state index contributed by atoms with van der Waals surface area (Å²) in [6, 6.07) is 0. The van der Waals surface area contributed by atoms with Crippen molar-refractivity contribution in [2.45, 2.75) is 64.4 Å². The molecule has 0 fully saturated rings. The normalized spacial score (nSPS) is 18.7. The van der Waals surface area contributed by atoms with Crippen LogP contribution in [0.4, 0.5) is 0 Å². The molecule has 0 spiro atoms. The first kappa shape index (κ1) is 15.9. The highest BCUT2D eigenvalue weighted by molar-refractivity contribution is 5.98. The number of carbonyl (C=O) groups is 2. The maximum absolute atomic E-state index is 11.7. The Bertz CT molecular complexity index is 333. The number of ether oxygens (including phenoxy) is 1. The van der Waals surface area contributed by atoms with Gasteiger partial charge in [0.05, 0.1) is 6.10 Å². The van der Waals surface area contributed by atoms with E-state index in [2.05, 4.69) is 6.92 Å². The molecule has 4 heteroatoms. The molecule has 1 atom stereocenters. The summed E-state index contributed by atoms with van der Waals surface area (Å²) >= 11 is 0. The number of hydrogen-bond acceptors (Lipinski definition) is 3. The van der Waals surface area contributed by atoms with Gasteiger partial charge in [0.1, 0.15) is 0 Å². The SMILES string of the molecule is CCCOC1C=C(CCCCCCC(=O)O)C(=O)C1. The van der Waals surface area contributed by atoms with E-state index in [9.17, 15) is 9.59 Å². The molecule has 1 aliphatic carbocycles. The molecule has 0 saturated carbocycles. The summed E-state index contributed by atoms with van der Waals surface area (Å²) in [6.45, 7) is 2.76. The minimum absolute atomic E-state index is 0.0190. The zero-order valence-electron chi connectivity index (χ0n) is 11.7.